The Morgan fingerprint density at radius 3 is 2.28 bits per heavy atom. The lowest BCUT2D eigenvalue weighted by molar-refractivity contribution is -0.138. The number of allylic oxidation sites excluding steroid dienone is 2. The van der Waals surface area contributed by atoms with Gasteiger partial charge in [-0.05, 0) is 60.7 Å². The Balaban J connectivity index is 1.53. The minimum Gasteiger partial charge on any atom is -0.508 e. The highest BCUT2D eigenvalue weighted by atomic mass is 79.9. The van der Waals surface area contributed by atoms with Crippen molar-refractivity contribution < 1.29 is 24.3 Å². The van der Waals surface area contributed by atoms with E-state index in [9.17, 15) is 24.3 Å². The summed E-state index contributed by atoms with van der Waals surface area (Å²) in [6, 6.07) is 10.7. The van der Waals surface area contributed by atoms with Crippen molar-refractivity contribution in [2.75, 3.05) is 10.4 Å². The molecule has 12 heteroatoms. The normalized spacial score (nSPS) is 33.7. The van der Waals surface area contributed by atoms with Gasteiger partial charge in [-0.25, -0.2) is 0 Å². The molecule has 4 amide bonds. The number of phenolic OH excluding ortho intramolecular Hbond substituents is 1. The standard InChI is InChI=1S/C27H19BrCl4N2O5/c28-11-33-24(38)26(31)10-18-15(21(27(26,32)25(33)39)16-6-5-14(35)9-19(16)30)7-8-17-20(18)23(37)34(22(17)36)13-3-1-12(29)2-4-13/h1-7,9,17-18,20-21,35H,8,10-11H2/t17-,18+,20-,21+,26+,27-/m0/s1. The van der Waals surface area contributed by atoms with E-state index < -0.39 is 51.1 Å². The van der Waals surface area contributed by atoms with E-state index in [2.05, 4.69) is 15.9 Å². The Kier molecular flexibility index (Phi) is 6.40. The van der Waals surface area contributed by atoms with Crippen molar-refractivity contribution in [2.45, 2.75) is 28.5 Å². The SMILES string of the molecule is O=C1[C@H]2[C@H](CC=C3[C@H]2C[C@@]2(Cl)C(=O)N(CBr)C(=O)[C@@]2(Cl)[C@H]3c2ccc(O)cc2Cl)C(=O)N1c1ccc(Cl)cc1. The van der Waals surface area contributed by atoms with Crippen molar-refractivity contribution in [3.05, 3.63) is 69.7 Å². The van der Waals surface area contributed by atoms with Gasteiger partial charge in [0.2, 0.25) is 11.8 Å². The number of amides is 4. The van der Waals surface area contributed by atoms with Crippen molar-refractivity contribution in [1.29, 1.82) is 0 Å². The molecule has 2 aliphatic heterocycles. The molecule has 7 nitrogen and oxygen atoms in total. The average Bonchev–Trinajstić information content (AvgIpc) is 3.23. The predicted octanol–water partition coefficient (Wildman–Crippen LogP) is 5.61. The molecule has 2 aliphatic carbocycles. The molecule has 0 aromatic heterocycles. The summed E-state index contributed by atoms with van der Waals surface area (Å²) in [4.78, 5) is 53.1. The molecule has 2 aromatic rings. The van der Waals surface area contributed by atoms with Gasteiger partial charge >= 0.3 is 0 Å². The molecule has 2 heterocycles. The minimum atomic E-state index is -1.96. The number of anilines is 1. The van der Waals surface area contributed by atoms with E-state index in [1.54, 1.807) is 24.3 Å². The minimum absolute atomic E-state index is 0.0966. The predicted molar refractivity (Wildman–Crippen MR) is 150 cm³/mol. The molecule has 39 heavy (non-hydrogen) atoms. The van der Waals surface area contributed by atoms with E-state index in [1.165, 1.54) is 18.2 Å². The van der Waals surface area contributed by atoms with E-state index in [-0.39, 0.29) is 35.0 Å². The zero-order valence-corrected chi connectivity index (χ0v) is 24.5. The van der Waals surface area contributed by atoms with E-state index in [0.29, 0.717) is 21.8 Å². The monoisotopic (exact) mass is 670 g/mol. The fraction of sp³-hybridized carbons (Fsp3) is 0.333. The van der Waals surface area contributed by atoms with Gasteiger partial charge in [0, 0.05) is 16.0 Å². The van der Waals surface area contributed by atoms with Crippen LogP contribution in [-0.2, 0) is 19.2 Å². The van der Waals surface area contributed by atoms with Crippen LogP contribution in [0.3, 0.4) is 0 Å². The largest absolute Gasteiger partial charge is 0.508 e. The van der Waals surface area contributed by atoms with Gasteiger partial charge in [0.05, 0.1) is 23.0 Å². The van der Waals surface area contributed by atoms with Crippen molar-refractivity contribution in [3.63, 3.8) is 0 Å². The van der Waals surface area contributed by atoms with Gasteiger partial charge in [-0.1, -0.05) is 56.8 Å². The van der Waals surface area contributed by atoms with Crippen LogP contribution in [0, 0.1) is 17.8 Å². The maximum atomic E-state index is 13.9. The number of aromatic hydroxyl groups is 1. The molecular weight excluding hydrogens is 654 g/mol. The molecule has 1 saturated carbocycles. The number of carbonyl (C=O) groups excluding carboxylic acids is 4. The van der Waals surface area contributed by atoms with Gasteiger partial charge < -0.3 is 5.11 Å². The fourth-order valence-electron chi connectivity index (χ4n) is 6.69. The molecule has 202 valence electrons. The molecule has 4 aliphatic rings. The summed E-state index contributed by atoms with van der Waals surface area (Å²) < 4.78 is 0. The number of hydrogen-bond acceptors (Lipinski definition) is 5. The second kappa shape index (κ2) is 9.21. The number of carbonyl (C=O) groups is 4. The molecule has 6 atom stereocenters. The maximum Gasteiger partial charge on any atom is 0.254 e. The Morgan fingerprint density at radius 2 is 1.64 bits per heavy atom. The molecule has 0 unspecified atom stereocenters. The van der Waals surface area contributed by atoms with Gasteiger partial charge in [0.15, 0.2) is 9.75 Å². The Bertz CT molecular complexity index is 1500. The number of phenols is 1. The third-order valence-electron chi connectivity index (χ3n) is 8.39. The Hall–Kier alpha value is -2.10. The summed E-state index contributed by atoms with van der Waals surface area (Å²) in [7, 11) is 0. The van der Waals surface area contributed by atoms with Crippen LogP contribution < -0.4 is 4.90 Å². The highest BCUT2D eigenvalue weighted by Gasteiger charge is 2.76. The van der Waals surface area contributed by atoms with Gasteiger partial charge in [-0.2, -0.15) is 0 Å². The first-order valence-electron chi connectivity index (χ1n) is 12.1. The molecule has 1 N–H and O–H groups in total. The lowest BCUT2D eigenvalue weighted by Crippen LogP contribution is -2.60. The molecule has 6 rings (SSSR count). The van der Waals surface area contributed by atoms with Crippen LogP contribution in [0.1, 0.15) is 24.3 Å². The van der Waals surface area contributed by atoms with Gasteiger partial charge in [0.1, 0.15) is 5.75 Å². The number of likely N-dealkylation sites (tertiary alicyclic amines) is 1. The number of hydrogen-bond donors (Lipinski definition) is 1. The van der Waals surface area contributed by atoms with E-state index in [0.717, 1.165) is 9.80 Å². The number of imide groups is 2. The number of fused-ring (bicyclic) bond motifs is 4. The summed E-state index contributed by atoms with van der Waals surface area (Å²) in [5, 5.41) is 10.6. The van der Waals surface area contributed by atoms with Gasteiger partial charge in [-0.15, -0.1) is 23.2 Å². The average molecular weight is 673 g/mol. The molecule has 0 bridgehead atoms. The first-order chi connectivity index (χ1) is 18.5. The highest BCUT2D eigenvalue weighted by molar-refractivity contribution is 9.09. The first kappa shape index (κ1) is 27.1. The quantitative estimate of drug-likeness (QED) is 0.198. The molecular formula is C27H19BrCl4N2O5. The van der Waals surface area contributed by atoms with E-state index in [1.807, 2.05) is 6.08 Å². The summed E-state index contributed by atoms with van der Waals surface area (Å²) >= 11 is 30.1. The van der Waals surface area contributed by atoms with Crippen LogP contribution in [-0.4, -0.2) is 48.8 Å². The van der Waals surface area contributed by atoms with Crippen molar-refractivity contribution in [2.24, 2.45) is 17.8 Å². The van der Waals surface area contributed by atoms with Crippen molar-refractivity contribution in [1.82, 2.24) is 4.90 Å². The molecule has 2 saturated heterocycles. The third kappa shape index (κ3) is 3.54. The van der Waals surface area contributed by atoms with Crippen molar-refractivity contribution >= 4 is 91.6 Å². The fourth-order valence-corrected chi connectivity index (χ4v) is 8.52. The summed E-state index contributed by atoms with van der Waals surface area (Å²) in [6.45, 7) is 0. The van der Waals surface area contributed by atoms with Crippen molar-refractivity contribution in [3.8, 4) is 5.75 Å². The van der Waals surface area contributed by atoms with Crippen LogP contribution in [0.25, 0.3) is 0 Å². The lowest BCUT2D eigenvalue weighted by Gasteiger charge is -2.51. The second-order valence-electron chi connectivity index (χ2n) is 10.2. The number of benzene rings is 2. The van der Waals surface area contributed by atoms with Gasteiger partial charge in [-0.3, -0.25) is 29.0 Å². The maximum absolute atomic E-state index is 13.9. The lowest BCUT2D eigenvalue weighted by atomic mass is 9.56. The smallest absolute Gasteiger partial charge is 0.254 e. The van der Waals surface area contributed by atoms with Crippen LogP contribution >= 0.6 is 62.3 Å². The van der Waals surface area contributed by atoms with Gasteiger partial charge in [0.25, 0.3) is 11.8 Å². The van der Waals surface area contributed by atoms with Crippen LogP contribution in [0.5, 0.6) is 5.75 Å². The van der Waals surface area contributed by atoms with Crippen LogP contribution in [0.15, 0.2) is 54.1 Å². The van der Waals surface area contributed by atoms with Crippen LogP contribution in [0.4, 0.5) is 5.69 Å². The number of alkyl halides is 3. The third-order valence-corrected chi connectivity index (χ3v) is 10.9. The first-order valence-corrected chi connectivity index (χ1v) is 14.7. The zero-order chi connectivity index (χ0) is 28.0. The number of halogens is 5. The van der Waals surface area contributed by atoms with E-state index >= 15 is 0 Å². The van der Waals surface area contributed by atoms with E-state index in [4.69, 9.17) is 46.4 Å². The summed E-state index contributed by atoms with van der Waals surface area (Å²) in [5.41, 5.74) is 1.27. The Morgan fingerprint density at radius 1 is 0.949 bits per heavy atom. The summed E-state index contributed by atoms with van der Waals surface area (Å²) in [5.74, 6) is -5.44. The highest BCUT2D eigenvalue weighted by Crippen LogP contribution is 2.66. The molecule has 0 spiro atoms. The Labute approximate surface area is 251 Å². The topological polar surface area (TPSA) is 95.0 Å². The molecule has 3 fully saturated rings. The molecule has 2 aromatic carbocycles. The number of nitrogens with zero attached hydrogens (tertiary/aromatic N) is 2. The van der Waals surface area contributed by atoms with Crippen LogP contribution in [0.2, 0.25) is 10.0 Å². The zero-order valence-electron chi connectivity index (χ0n) is 19.9. The second-order valence-corrected chi connectivity index (χ2v) is 12.8. The number of rotatable bonds is 3. The summed E-state index contributed by atoms with van der Waals surface area (Å²) in [6.07, 6.45) is 1.92. The molecule has 0 radical (unpaired) electrons.